The fourth-order valence-corrected chi connectivity index (χ4v) is 3.23. The monoisotopic (exact) mass is 350 g/mol. The van der Waals surface area contributed by atoms with Crippen LogP contribution < -0.4 is 5.32 Å². The Bertz CT molecular complexity index is 526. The first-order valence-corrected chi connectivity index (χ1v) is 8.29. The third-order valence-electron chi connectivity index (χ3n) is 3.59. The third kappa shape index (κ3) is 5.35. The van der Waals surface area contributed by atoms with E-state index in [0.717, 1.165) is 48.9 Å². The maximum Gasteiger partial charge on any atom is 0.434 e. The van der Waals surface area contributed by atoms with Crippen LogP contribution in [-0.4, -0.2) is 56.2 Å². The molecule has 0 aromatic carbocycles. The van der Waals surface area contributed by atoms with Crippen LogP contribution >= 0.6 is 11.3 Å². The Labute approximate surface area is 137 Å². The van der Waals surface area contributed by atoms with Crippen molar-refractivity contribution >= 4 is 17.3 Å². The summed E-state index contributed by atoms with van der Waals surface area (Å²) >= 11 is 1.03. The molecule has 5 nitrogen and oxygen atoms in total. The lowest BCUT2D eigenvalue weighted by Crippen LogP contribution is -2.42. The van der Waals surface area contributed by atoms with E-state index in [0.29, 0.717) is 23.9 Å². The number of aliphatic imine (C=N–C) groups is 1. The van der Waals surface area contributed by atoms with Crippen molar-refractivity contribution in [1.82, 2.24) is 15.2 Å². The van der Waals surface area contributed by atoms with Gasteiger partial charge in [-0.15, -0.1) is 11.3 Å². The molecule has 0 spiro atoms. The van der Waals surface area contributed by atoms with Crippen LogP contribution in [0.2, 0.25) is 0 Å². The van der Waals surface area contributed by atoms with E-state index >= 15 is 0 Å². The number of nitrogens with one attached hydrogen (secondary N) is 1. The van der Waals surface area contributed by atoms with Crippen LogP contribution in [0.15, 0.2) is 10.4 Å². The second-order valence-corrected chi connectivity index (χ2v) is 6.40. The van der Waals surface area contributed by atoms with Gasteiger partial charge in [0.15, 0.2) is 11.7 Å². The van der Waals surface area contributed by atoms with Crippen molar-refractivity contribution in [3.8, 4) is 0 Å². The Morgan fingerprint density at radius 1 is 1.57 bits per heavy atom. The number of guanidine groups is 1. The largest absolute Gasteiger partial charge is 0.434 e. The summed E-state index contributed by atoms with van der Waals surface area (Å²) in [6.07, 6.45) is -2.90. The van der Waals surface area contributed by atoms with E-state index in [2.05, 4.69) is 15.3 Å². The highest BCUT2D eigenvalue weighted by molar-refractivity contribution is 7.09. The summed E-state index contributed by atoms with van der Waals surface area (Å²) in [5, 5.41) is 4.68. The van der Waals surface area contributed by atoms with Gasteiger partial charge >= 0.3 is 6.18 Å². The van der Waals surface area contributed by atoms with E-state index < -0.39 is 11.9 Å². The summed E-state index contributed by atoms with van der Waals surface area (Å²) in [6, 6.07) is 0. The van der Waals surface area contributed by atoms with Crippen LogP contribution in [0.4, 0.5) is 13.2 Å². The number of aromatic nitrogens is 1. The second kappa shape index (κ2) is 7.96. The number of alkyl halides is 3. The predicted molar refractivity (Wildman–Crippen MR) is 83.7 cm³/mol. The third-order valence-corrected chi connectivity index (χ3v) is 4.50. The van der Waals surface area contributed by atoms with Gasteiger partial charge in [0.05, 0.1) is 11.6 Å². The number of hydrogen-bond donors (Lipinski definition) is 1. The lowest BCUT2D eigenvalue weighted by Gasteiger charge is -2.24. The summed E-state index contributed by atoms with van der Waals surface area (Å²) < 4.78 is 42.8. The van der Waals surface area contributed by atoms with E-state index in [9.17, 15) is 13.2 Å². The van der Waals surface area contributed by atoms with Gasteiger partial charge in [-0.05, 0) is 6.42 Å². The van der Waals surface area contributed by atoms with Crippen LogP contribution in [-0.2, 0) is 17.3 Å². The normalized spacial score (nSPS) is 19.2. The van der Waals surface area contributed by atoms with Crippen molar-refractivity contribution in [1.29, 1.82) is 0 Å². The highest BCUT2D eigenvalue weighted by atomic mass is 32.1. The molecule has 1 atom stereocenters. The minimum atomic E-state index is -4.37. The zero-order valence-corrected chi connectivity index (χ0v) is 14.0. The van der Waals surface area contributed by atoms with Crippen LogP contribution in [0.25, 0.3) is 0 Å². The average Bonchev–Trinajstić information content (AvgIpc) is 3.14. The molecule has 0 amide bonds. The molecule has 0 aliphatic carbocycles. The first-order valence-electron chi connectivity index (χ1n) is 7.41. The molecular formula is C14H21F3N4OS. The van der Waals surface area contributed by atoms with Gasteiger partial charge in [0.1, 0.15) is 0 Å². The summed E-state index contributed by atoms with van der Waals surface area (Å²) in [7, 11) is 3.63. The van der Waals surface area contributed by atoms with Crippen LogP contribution in [0.1, 0.15) is 17.1 Å². The summed E-state index contributed by atoms with van der Waals surface area (Å²) in [5.41, 5.74) is -0.819. The van der Waals surface area contributed by atoms with Gasteiger partial charge in [0.2, 0.25) is 0 Å². The van der Waals surface area contributed by atoms with E-state index in [1.54, 1.807) is 7.05 Å². The second-order valence-electron chi connectivity index (χ2n) is 5.46. The molecule has 1 N–H and O–H groups in total. The van der Waals surface area contributed by atoms with Crippen molar-refractivity contribution < 1.29 is 17.9 Å². The van der Waals surface area contributed by atoms with E-state index in [4.69, 9.17) is 4.74 Å². The van der Waals surface area contributed by atoms with Crippen molar-refractivity contribution in [2.24, 2.45) is 10.9 Å². The molecule has 2 heterocycles. The summed E-state index contributed by atoms with van der Waals surface area (Å²) in [4.78, 5) is 9.83. The van der Waals surface area contributed by atoms with Gasteiger partial charge < -0.3 is 15.0 Å². The van der Waals surface area contributed by atoms with Gasteiger partial charge in [-0.25, -0.2) is 4.98 Å². The van der Waals surface area contributed by atoms with Crippen molar-refractivity contribution in [2.75, 3.05) is 40.4 Å². The summed E-state index contributed by atoms with van der Waals surface area (Å²) in [6.45, 7) is 2.90. The standard InChI is InChI=1S/C14H21F3N4OS/c1-18-13(21(2)7-10-4-6-22-8-10)19-5-3-12-20-11(9-23-12)14(15,16)17/h9-10H,3-8H2,1-2H3,(H,18,19). The highest BCUT2D eigenvalue weighted by Crippen LogP contribution is 2.30. The molecule has 9 heteroatoms. The lowest BCUT2D eigenvalue weighted by molar-refractivity contribution is -0.140. The minimum absolute atomic E-state index is 0.431. The number of rotatable bonds is 5. The Hall–Kier alpha value is -1.35. The van der Waals surface area contributed by atoms with E-state index in [1.807, 2.05) is 11.9 Å². The molecule has 2 rings (SSSR count). The molecule has 23 heavy (non-hydrogen) atoms. The lowest BCUT2D eigenvalue weighted by atomic mass is 10.1. The molecule has 1 aromatic rings. The SMILES string of the molecule is CN=C(NCCc1nc(C(F)(F)F)cs1)N(C)CC1CCOC1. The first-order chi connectivity index (χ1) is 10.9. The van der Waals surface area contributed by atoms with Gasteiger partial charge in [-0.1, -0.05) is 0 Å². The van der Waals surface area contributed by atoms with Crippen LogP contribution in [0.5, 0.6) is 0 Å². The zero-order chi connectivity index (χ0) is 16.9. The van der Waals surface area contributed by atoms with Gasteiger partial charge in [-0.2, -0.15) is 13.2 Å². The Balaban J connectivity index is 1.78. The smallest absolute Gasteiger partial charge is 0.381 e. The Morgan fingerprint density at radius 2 is 2.35 bits per heavy atom. The number of ether oxygens (including phenoxy) is 1. The van der Waals surface area contributed by atoms with Crippen LogP contribution in [0.3, 0.4) is 0 Å². The van der Waals surface area contributed by atoms with Crippen molar-refractivity contribution in [3.05, 3.63) is 16.1 Å². The maximum atomic E-state index is 12.5. The average molecular weight is 350 g/mol. The molecule has 1 saturated heterocycles. The van der Waals surface area contributed by atoms with E-state index in [-0.39, 0.29) is 0 Å². The highest BCUT2D eigenvalue weighted by Gasteiger charge is 2.33. The van der Waals surface area contributed by atoms with Crippen molar-refractivity contribution in [2.45, 2.75) is 19.0 Å². The topological polar surface area (TPSA) is 49.8 Å². The molecule has 130 valence electrons. The van der Waals surface area contributed by atoms with Gasteiger partial charge in [0.25, 0.3) is 0 Å². The van der Waals surface area contributed by atoms with Crippen LogP contribution in [0, 0.1) is 5.92 Å². The number of nitrogens with zero attached hydrogens (tertiary/aromatic N) is 3. The van der Waals surface area contributed by atoms with Gasteiger partial charge in [-0.3, -0.25) is 4.99 Å². The molecule has 0 radical (unpaired) electrons. The predicted octanol–water partition coefficient (Wildman–Crippen LogP) is 2.25. The Kier molecular flexibility index (Phi) is 6.23. The molecule has 0 bridgehead atoms. The minimum Gasteiger partial charge on any atom is -0.381 e. The summed E-state index contributed by atoms with van der Waals surface area (Å²) in [5.74, 6) is 1.22. The number of halogens is 3. The molecule has 1 aliphatic heterocycles. The number of thiazole rings is 1. The first kappa shape index (κ1) is 18.0. The molecule has 1 unspecified atom stereocenters. The molecule has 1 aliphatic rings. The molecular weight excluding hydrogens is 329 g/mol. The molecule has 1 aromatic heterocycles. The fraction of sp³-hybridized carbons (Fsp3) is 0.714. The Morgan fingerprint density at radius 3 is 2.91 bits per heavy atom. The van der Waals surface area contributed by atoms with Crippen molar-refractivity contribution in [3.63, 3.8) is 0 Å². The maximum absolute atomic E-state index is 12.5. The zero-order valence-electron chi connectivity index (χ0n) is 13.2. The van der Waals surface area contributed by atoms with Gasteiger partial charge in [0, 0.05) is 51.5 Å². The quantitative estimate of drug-likeness (QED) is 0.654. The molecule has 0 saturated carbocycles. The molecule has 1 fully saturated rings. The fourth-order valence-electron chi connectivity index (χ4n) is 2.42. The number of hydrogen-bond acceptors (Lipinski definition) is 4. The van der Waals surface area contributed by atoms with E-state index in [1.165, 1.54) is 0 Å².